The molecule has 0 bridgehead atoms. The third kappa shape index (κ3) is 4.24. The second kappa shape index (κ2) is 5.09. The van der Waals surface area contributed by atoms with Crippen LogP contribution in [0, 0.1) is 0 Å². The third-order valence-corrected chi connectivity index (χ3v) is 3.06. The molecule has 3 nitrogen and oxygen atoms in total. The molecule has 6 heteroatoms. The van der Waals surface area contributed by atoms with Crippen molar-refractivity contribution in [1.82, 2.24) is 4.90 Å². The Morgan fingerprint density at radius 3 is 2.70 bits per heavy atom. The first-order valence-electron chi connectivity index (χ1n) is 2.35. The number of rotatable bonds is 2. The second-order valence-corrected chi connectivity index (χ2v) is 3.60. The fourth-order valence-electron chi connectivity index (χ4n) is 0.329. The molecule has 0 unspecified atom stereocenters. The Labute approximate surface area is 75.0 Å². The van der Waals surface area contributed by atoms with E-state index in [1.165, 1.54) is 14.2 Å². The molecule has 0 aliphatic heterocycles. The van der Waals surface area contributed by atoms with Crippen molar-refractivity contribution in [3.8, 4) is 0 Å². The molecule has 0 saturated carbocycles. The molecule has 1 N–H and O–H groups in total. The molecular weight excluding hydrogens is 213 g/mol. The Hall–Kier alpha value is 0.389. The number of carboxylic acids is 1. The van der Waals surface area contributed by atoms with Crippen molar-refractivity contribution in [2.24, 2.45) is 0 Å². The minimum atomic E-state index is -0.865. The van der Waals surface area contributed by atoms with Gasteiger partial charge in [0.1, 0.15) is 0 Å². The van der Waals surface area contributed by atoms with Crippen LogP contribution in [0.5, 0.6) is 0 Å². The Morgan fingerprint density at radius 2 is 2.40 bits per heavy atom. The number of thiol groups is 1. The Morgan fingerprint density at radius 1 is 1.90 bits per heavy atom. The van der Waals surface area contributed by atoms with E-state index in [0.29, 0.717) is 4.32 Å². The van der Waals surface area contributed by atoms with Gasteiger partial charge >= 0.3 is 75.0 Å². The molecule has 0 aromatic carbocycles. The van der Waals surface area contributed by atoms with Crippen LogP contribution in [0.2, 0.25) is 0 Å². The molecule has 0 aromatic heterocycles. The van der Waals surface area contributed by atoms with Crippen molar-refractivity contribution in [2.45, 2.75) is 0 Å². The Kier molecular flexibility index (Phi) is 5.29. The summed E-state index contributed by atoms with van der Waals surface area (Å²) in [4.78, 5) is 11.6. The van der Waals surface area contributed by atoms with Gasteiger partial charge in [-0.3, -0.25) is 0 Å². The van der Waals surface area contributed by atoms with Crippen LogP contribution in [0.15, 0.2) is 0 Å². The normalized spacial score (nSPS) is 9.50. The summed E-state index contributed by atoms with van der Waals surface area (Å²) in [7, 11) is 2.89. The summed E-state index contributed by atoms with van der Waals surface area (Å²) >= 11 is 7.07. The average molecular weight is 220 g/mol. The maximum atomic E-state index is 10.1. The van der Waals surface area contributed by atoms with E-state index in [1.807, 2.05) is 0 Å². The summed E-state index contributed by atoms with van der Waals surface area (Å²) in [6, 6.07) is 0. The summed E-state index contributed by atoms with van der Waals surface area (Å²) < 4.78 is 0.627. The maximum absolute atomic E-state index is 10.1. The van der Waals surface area contributed by atoms with Gasteiger partial charge < -0.3 is 0 Å². The van der Waals surface area contributed by atoms with Crippen molar-refractivity contribution < 1.29 is 24.3 Å². The molecular formula is C4H7MnNO2S2. The van der Waals surface area contributed by atoms with Crippen LogP contribution in [-0.4, -0.2) is 33.9 Å². The Balaban J connectivity index is 3.97. The number of carbonyl (C=O) groups is 1. The molecule has 0 amide bonds. The average Bonchev–Trinajstić information content (AvgIpc) is 1.85. The van der Waals surface area contributed by atoms with Crippen LogP contribution < -0.4 is 0 Å². The fourth-order valence-corrected chi connectivity index (χ4v) is 1.13. The number of nitrogens with zero attached hydrogens (tertiary/aromatic N) is 1. The molecule has 0 saturated heterocycles. The quantitative estimate of drug-likeness (QED) is 0.397. The number of aliphatic carboxylic acids is 1. The zero-order chi connectivity index (χ0) is 8.15. The van der Waals surface area contributed by atoms with Gasteiger partial charge in [0.05, 0.1) is 0 Å². The SMILES string of the molecule is CN(CC(=O)O)C(S)=[S]=[Mn]. The first-order valence-corrected chi connectivity index (χ1v) is 4.96. The van der Waals surface area contributed by atoms with E-state index in [2.05, 4.69) is 27.0 Å². The topological polar surface area (TPSA) is 40.5 Å². The van der Waals surface area contributed by atoms with Gasteiger partial charge in [0.25, 0.3) is 0 Å². The molecule has 0 aliphatic rings. The van der Waals surface area contributed by atoms with E-state index in [-0.39, 0.29) is 6.54 Å². The van der Waals surface area contributed by atoms with Gasteiger partial charge in [-0.05, 0) is 0 Å². The van der Waals surface area contributed by atoms with Crippen LogP contribution in [-0.2, 0) is 19.2 Å². The van der Waals surface area contributed by atoms with Gasteiger partial charge in [0, 0.05) is 0 Å². The van der Waals surface area contributed by atoms with Crippen molar-refractivity contribution in [3.63, 3.8) is 0 Å². The molecule has 0 radical (unpaired) electrons. The van der Waals surface area contributed by atoms with Crippen molar-refractivity contribution in [1.29, 1.82) is 0 Å². The van der Waals surface area contributed by atoms with Crippen LogP contribution in [0.3, 0.4) is 0 Å². The third-order valence-electron chi connectivity index (χ3n) is 0.768. The standard InChI is InChI=1S/C4H7NO2S2.Mn/c1-5(4(8)9)2-3(6)7;/h2H2,1H3,(H,6,7)(H,8,9);. The molecule has 0 fully saturated rings. The molecule has 10 heavy (non-hydrogen) atoms. The molecule has 0 spiro atoms. The van der Waals surface area contributed by atoms with Gasteiger partial charge in [-0.1, -0.05) is 0 Å². The van der Waals surface area contributed by atoms with Gasteiger partial charge in [-0.2, -0.15) is 0 Å². The summed E-state index contributed by atoms with van der Waals surface area (Å²) in [5.74, 6) is -0.865. The zero-order valence-corrected chi connectivity index (χ0v) is 8.13. The first-order chi connectivity index (χ1) is 4.57. The predicted octanol–water partition coefficient (Wildman–Crippen LogP) is 0.215. The number of hydrogen-bond donors (Lipinski definition) is 2. The van der Waals surface area contributed by atoms with Crippen molar-refractivity contribution >= 4 is 32.2 Å². The minimum absolute atomic E-state index is 0.0303. The summed E-state index contributed by atoms with van der Waals surface area (Å²) in [6.07, 6.45) is 0. The molecule has 0 aromatic rings. The predicted molar refractivity (Wildman–Crippen MR) is 41.8 cm³/mol. The molecule has 0 heterocycles. The second-order valence-electron chi connectivity index (χ2n) is 1.61. The molecule has 0 rings (SSSR count). The number of carboxylic acid groups (broad SMARTS) is 1. The summed E-state index contributed by atoms with van der Waals surface area (Å²) in [5, 5.41) is 8.31. The van der Waals surface area contributed by atoms with E-state index >= 15 is 0 Å². The van der Waals surface area contributed by atoms with Crippen LogP contribution in [0.25, 0.3) is 0 Å². The fraction of sp³-hybridized carbons (Fsp3) is 0.500. The van der Waals surface area contributed by atoms with Crippen LogP contribution >= 0.6 is 21.9 Å². The summed E-state index contributed by atoms with van der Waals surface area (Å²) in [6.45, 7) is -0.0303. The molecule has 0 aliphatic carbocycles. The van der Waals surface area contributed by atoms with Gasteiger partial charge in [-0.25, -0.2) is 0 Å². The zero-order valence-electron chi connectivity index (χ0n) is 5.24. The van der Waals surface area contributed by atoms with Gasteiger partial charge in [0.2, 0.25) is 0 Å². The van der Waals surface area contributed by atoms with Gasteiger partial charge in [-0.15, -0.1) is 0 Å². The van der Waals surface area contributed by atoms with E-state index in [0.717, 1.165) is 0 Å². The molecule has 59 valence electrons. The van der Waals surface area contributed by atoms with E-state index in [4.69, 9.17) is 5.11 Å². The van der Waals surface area contributed by atoms with Crippen molar-refractivity contribution in [2.75, 3.05) is 13.6 Å². The van der Waals surface area contributed by atoms with E-state index in [9.17, 15) is 4.79 Å². The number of likely N-dealkylation sites (N-methyl/N-ethyl adjacent to an activating group) is 1. The monoisotopic (exact) mass is 220 g/mol. The number of hydrogen-bond acceptors (Lipinski definition) is 1. The summed E-state index contributed by atoms with van der Waals surface area (Å²) in [5.41, 5.74) is 0. The van der Waals surface area contributed by atoms with Crippen molar-refractivity contribution in [3.05, 3.63) is 0 Å². The van der Waals surface area contributed by atoms with Gasteiger partial charge in [0.15, 0.2) is 0 Å². The van der Waals surface area contributed by atoms with E-state index < -0.39 is 5.97 Å². The first kappa shape index (κ1) is 10.4. The Bertz CT molecular complexity index is 190. The molecule has 0 atom stereocenters. The van der Waals surface area contributed by atoms with Crippen LogP contribution in [0.1, 0.15) is 0 Å². The van der Waals surface area contributed by atoms with E-state index in [1.54, 1.807) is 7.05 Å². The van der Waals surface area contributed by atoms with Crippen LogP contribution in [0.4, 0.5) is 0 Å².